The first-order valence-electron chi connectivity index (χ1n) is 5.87. The first kappa shape index (κ1) is 16.0. The molecule has 0 aliphatic heterocycles. The van der Waals surface area contributed by atoms with Gasteiger partial charge in [-0.3, -0.25) is 10.1 Å². The Labute approximate surface area is 119 Å². The molecule has 1 aromatic carbocycles. The summed E-state index contributed by atoms with van der Waals surface area (Å²) in [6.45, 7) is 1.91. The van der Waals surface area contributed by atoms with E-state index < -0.39 is 10.5 Å². The number of nitrogens with one attached hydrogen (secondary N) is 1. The molecule has 0 aliphatic rings. The topological polar surface area (TPSA) is 95.6 Å². The highest BCUT2D eigenvalue weighted by atomic mass is 79.9. The number of nitro benzene ring substituents is 1. The molecule has 1 rings (SSSR count). The van der Waals surface area contributed by atoms with E-state index in [0.717, 1.165) is 5.56 Å². The molecule has 0 aliphatic carbocycles. The van der Waals surface area contributed by atoms with Crippen LogP contribution in [0, 0.1) is 10.1 Å². The van der Waals surface area contributed by atoms with Gasteiger partial charge in [0, 0.05) is 23.2 Å². The number of halogens is 1. The maximum absolute atomic E-state index is 10.6. The molecule has 0 unspecified atom stereocenters. The van der Waals surface area contributed by atoms with Crippen LogP contribution in [0.1, 0.15) is 18.9 Å². The van der Waals surface area contributed by atoms with Crippen LogP contribution in [0.15, 0.2) is 22.7 Å². The third kappa shape index (κ3) is 3.97. The number of rotatable bonds is 7. The zero-order valence-corrected chi connectivity index (χ0v) is 12.2. The second-order valence-electron chi connectivity index (χ2n) is 4.34. The van der Waals surface area contributed by atoms with Crippen LogP contribution in [0.2, 0.25) is 0 Å². The van der Waals surface area contributed by atoms with Crippen molar-refractivity contribution in [3.63, 3.8) is 0 Å². The molecule has 0 heterocycles. The number of nitro groups is 1. The summed E-state index contributed by atoms with van der Waals surface area (Å²) >= 11 is 3.28. The molecule has 0 bridgehead atoms. The Bertz CT molecular complexity index is 441. The Hall–Kier alpha value is -1.02. The summed E-state index contributed by atoms with van der Waals surface area (Å²) in [6, 6.07) is 4.50. The largest absolute Gasteiger partial charge is 0.394 e. The number of hydrogen-bond acceptors (Lipinski definition) is 5. The highest BCUT2D eigenvalue weighted by Crippen LogP contribution is 2.23. The number of benzene rings is 1. The van der Waals surface area contributed by atoms with Crippen molar-refractivity contribution in [2.45, 2.75) is 25.4 Å². The summed E-state index contributed by atoms with van der Waals surface area (Å²) < 4.78 is 0.620. The highest BCUT2D eigenvalue weighted by Gasteiger charge is 2.25. The third-order valence-electron chi connectivity index (χ3n) is 3.18. The summed E-state index contributed by atoms with van der Waals surface area (Å²) in [5.41, 5.74) is 0.105. The van der Waals surface area contributed by atoms with Gasteiger partial charge in [0.25, 0.3) is 5.69 Å². The van der Waals surface area contributed by atoms with Crippen molar-refractivity contribution in [3.8, 4) is 0 Å². The van der Waals surface area contributed by atoms with Crippen LogP contribution in [0.25, 0.3) is 0 Å². The van der Waals surface area contributed by atoms with Gasteiger partial charge < -0.3 is 15.5 Å². The molecule has 1 aromatic rings. The highest BCUT2D eigenvalue weighted by molar-refractivity contribution is 9.10. The lowest BCUT2D eigenvalue weighted by Crippen LogP contribution is -2.50. The predicted octanol–water partition coefficient (Wildman–Crippen LogP) is 1.58. The van der Waals surface area contributed by atoms with Crippen LogP contribution in [0.4, 0.5) is 5.69 Å². The average molecular weight is 333 g/mol. The van der Waals surface area contributed by atoms with Gasteiger partial charge >= 0.3 is 0 Å². The molecule has 7 heteroatoms. The molecule has 0 saturated heterocycles. The molecule has 19 heavy (non-hydrogen) atoms. The van der Waals surface area contributed by atoms with Gasteiger partial charge in [0.15, 0.2) is 0 Å². The van der Waals surface area contributed by atoms with Crippen molar-refractivity contribution in [2.24, 2.45) is 0 Å². The van der Waals surface area contributed by atoms with Crippen LogP contribution in [-0.2, 0) is 6.54 Å². The van der Waals surface area contributed by atoms with Crippen molar-refractivity contribution in [3.05, 3.63) is 38.3 Å². The van der Waals surface area contributed by atoms with Gasteiger partial charge in [-0.1, -0.05) is 22.9 Å². The van der Waals surface area contributed by atoms with Crippen LogP contribution < -0.4 is 5.32 Å². The fraction of sp³-hybridized carbons (Fsp3) is 0.500. The van der Waals surface area contributed by atoms with Gasteiger partial charge in [-0.2, -0.15) is 0 Å². The number of hydrogen-bond donors (Lipinski definition) is 3. The summed E-state index contributed by atoms with van der Waals surface area (Å²) in [6.07, 6.45) is 0.574. The Balaban J connectivity index is 2.80. The van der Waals surface area contributed by atoms with Crippen molar-refractivity contribution in [1.29, 1.82) is 0 Å². The Morgan fingerprint density at radius 2 is 2.05 bits per heavy atom. The minimum Gasteiger partial charge on any atom is -0.394 e. The second kappa shape index (κ2) is 6.95. The van der Waals surface area contributed by atoms with E-state index in [9.17, 15) is 20.3 Å². The first-order chi connectivity index (χ1) is 8.98. The van der Waals surface area contributed by atoms with Crippen molar-refractivity contribution in [1.82, 2.24) is 5.32 Å². The Morgan fingerprint density at radius 3 is 2.47 bits per heavy atom. The van der Waals surface area contributed by atoms with E-state index in [0.29, 0.717) is 17.4 Å². The van der Waals surface area contributed by atoms with Crippen molar-refractivity contribution >= 4 is 21.6 Å². The van der Waals surface area contributed by atoms with E-state index in [2.05, 4.69) is 21.2 Å². The molecular formula is C12H17BrN2O4. The molecule has 106 valence electrons. The maximum atomic E-state index is 10.6. The van der Waals surface area contributed by atoms with Gasteiger partial charge in [0.2, 0.25) is 0 Å². The lowest BCUT2D eigenvalue weighted by atomic mass is 9.98. The van der Waals surface area contributed by atoms with Crippen LogP contribution in [-0.4, -0.2) is 33.9 Å². The SMILES string of the molecule is CCC(CO)(CO)NCc1ccc([N+](=O)[O-])cc1Br. The minimum absolute atomic E-state index is 0.0155. The molecule has 6 nitrogen and oxygen atoms in total. The fourth-order valence-electron chi connectivity index (χ4n) is 1.59. The van der Waals surface area contributed by atoms with E-state index in [4.69, 9.17) is 0 Å². The van der Waals surface area contributed by atoms with E-state index >= 15 is 0 Å². The monoisotopic (exact) mass is 332 g/mol. The van der Waals surface area contributed by atoms with Gasteiger partial charge in [-0.05, 0) is 18.1 Å². The van der Waals surface area contributed by atoms with Gasteiger partial charge in [0.1, 0.15) is 0 Å². The normalized spacial score (nSPS) is 11.6. The number of nitrogens with zero attached hydrogens (tertiary/aromatic N) is 1. The summed E-state index contributed by atoms with van der Waals surface area (Å²) in [5.74, 6) is 0. The summed E-state index contributed by atoms with van der Waals surface area (Å²) in [7, 11) is 0. The van der Waals surface area contributed by atoms with E-state index in [1.54, 1.807) is 6.07 Å². The van der Waals surface area contributed by atoms with Gasteiger partial charge in [-0.15, -0.1) is 0 Å². The average Bonchev–Trinajstić information content (AvgIpc) is 2.42. The van der Waals surface area contributed by atoms with E-state index in [1.807, 2.05) is 6.92 Å². The Kier molecular flexibility index (Phi) is 5.86. The molecule has 0 atom stereocenters. The smallest absolute Gasteiger partial charge is 0.270 e. The zero-order chi connectivity index (χ0) is 14.5. The molecule has 0 saturated carbocycles. The molecule has 0 spiro atoms. The number of non-ortho nitro benzene ring substituents is 1. The van der Waals surface area contributed by atoms with Crippen molar-refractivity contribution in [2.75, 3.05) is 13.2 Å². The summed E-state index contributed by atoms with van der Waals surface area (Å²) in [5, 5.41) is 32.3. The lowest BCUT2D eigenvalue weighted by molar-refractivity contribution is -0.384. The number of aliphatic hydroxyl groups excluding tert-OH is 2. The van der Waals surface area contributed by atoms with Crippen LogP contribution >= 0.6 is 15.9 Å². The molecule has 0 radical (unpaired) electrons. The first-order valence-corrected chi connectivity index (χ1v) is 6.67. The predicted molar refractivity (Wildman–Crippen MR) is 74.8 cm³/mol. The quantitative estimate of drug-likeness (QED) is 0.520. The van der Waals surface area contributed by atoms with Gasteiger partial charge in [-0.25, -0.2) is 0 Å². The van der Waals surface area contributed by atoms with Crippen LogP contribution in [0.3, 0.4) is 0 Å². The third-order valence-corrected chi connectivity index (χ3v) is 3.92. The molecule has 0 amide bonds. The molecular weight excluding hydrogens is 316 g/mol. The molecule has 3 N–H and O–H groups in total. The number of aliphatic hydroxyl groups is 2. The standard InChI is InChI=1S/C12H17BrN2O4/c1-2-12(7-16,8-17)14-6-9-3-4-10(15(18)19)5-11(9)13/h3-5,14,16-17H,2,6-8H2,1H3. The second-order valence-corrected chi connectivity index (χ2v) is 5.19. The van der Waals surface area contributed by atoms with Crippen molar-refractivity contribution < 1.29 is 15.1 Å². The van der Waals surface area contributed by atoms with E-state index in [-0.39, 0.29) is 18.9 Å². The zero-order valence-electron chi connectivity index (χ0n) is 10.6. The molecule has 0 fully saturated rings. The van der Waals surface area contributed by atoms with E-state index in [1.165, 1.54) is 12.1 Å². The van der Waals surface area contributed by atoms with Crippen LogP contribution in [0.5, 0.6) is 0 Å². The summed E-state index contributed by atoms with van der Waals surface area (Å²) in [4.78, 5) is 10.2. The minimum atomic E-state index is -0.735. The Morgan fingerprint density at radius 1 is 1.42 bits per heavy atom. The maximum Gasteiger partial charge on any atom is 0.270 e. The fourth-order valence-corrected chi connectivity index (χ4v) is 2.09. The molecule has 0 aromatic heterocycles. The van der Waals surface area contributed by atoms with Gasteiger partial charge in [0.05, 0.1) is 23.7 Å². The lowest BCUT2D eigenvalue weighted by Gasteiger charge is -2.30.